The van der Waals surface area contributed by atoms with Gasteiger partial charge in [0.1, 0.15) is 0 Å². The van der Waals surface area contributed by atoms with Gasteiger partial charge in [0, 0.05) is 6.54 Å². The van der Waals surface area contributed by atoms with E-state index in [9.17, 15) is 8.42 Å². The van der Waals surface area contributed by atoms with Gasteiger partial charge in [0.2, 0.25) is 0 Å². The van der Waals surface area contributed by atoms with E-state index in [4.69, 9.17) is 11.6 Å². The summed E-state index contributed by atoms with van der Waals surface area (Å²) in [5.74, 6) is 0. The number of aromatic nitrogens is 1. The fourth-order valence-corrected chi connectivity index (χ4v) is 3.77. The van der Waals surface area contributed by atoms with Gasteiger partial charge < -0.3 is 0 Å². The van der Waals surface area contributed by atoms with Gasteiger partial charge in [0.05, 0.1) is 5.69 Å². The maximum Gasteiger partial charge on any atom is 0.252 e. The Morgan fingerprint density at radius 3 is 2.62 bits per heavy atom. The van der Waals surface area contributed by atoms with Gasteiger partial charge in [-0.3, -0.25) is 0 Å². The van der Waals surface area contributed by atoms with Crippen molar-refractivity contribution >= 4 is 33.0 Å². The largest absolute Gasteiger partial charge is 0.252 e. The number of thiazole rings is 1. The van der Waals surface area contributed by atoms with Gasteiger partial charge in [-0.05, 0) is 20.8 Å². The number of hydrogen-bond acceptors (Lipinski definition) is 4. The molecule has 0 fully saturated rings. The Morgan fingerprint density at radius 2 is 2.19 bits per heavy atom. The summed E-state index contributed by atoms with van der Waals surface area (Å²) in [4.78, 5) is 3.87. The summed E-state index contributed by atoms with van der Waals surface area (Å²) in [6.45, 7) is 5.71. The first-order chi connectivity index (χ1) is 7.33. The van der Waals surface area contributed by atoms with Crippen LogP contribution < -0.4 is 4.72 Å². The number of halogens is 1. The predicted octanol–water partition coefficient (Wildman–Crippen LogP) is 2.35. The molecular formula is C9H13ClN2O2S2. The summed E-state index contributed by atoms with van der Waals surface area (Å²) in [7, 11) is -3.49. The molecule has 1 aromatic heterocycles. The predicted molar refractivity (Wildman–Crippen MR) is 66.5 cm³/mol. The highest BCUT2D eigenvalue weighted by atomic mass is 35.5. The van der Waals surface area contributed by atoms with Gasteiger partial charge in [0.15, 0.2) is 8.68 Å². The van der Waals surface area contributed by atoms with E-state index in [-0.39, 0.29) is 15.2 Å². The summed E-state index contributed by atoms with van der Waals surface area (Å²) in [6.07, 6.45) is 1.80. The number of allylic oxidation sites excluding steroid dienone is 1. The van der Waals surface area contributed by atoms with Crippen molar-refractivity contribution in [3.05, 3.63) is 21.8 Å². The Balaban J connectivity index is 2.87. The lowest BCUT2D eigenvalue weighted by atomic mass is 10.3. The third-order valence-corrected chi connectivity index (χ3v) is 5.05. The van der Waals surface area contributed by atoms with Gasteiger partial charge in [-0.2, -0.15) is 0 Å². The fraction of sp³-hybridized carbons (Fsp3) is 0.444. The number of nitrogens with zero attached hydrogens (tertiary/aromatic N) is 1. The van der Waals surface area contributed by atoms with E-state index in [2.05, 4.69) is 9.71 Å². The third kappa shape index (κ3) is 3.55. The minimum absolute atomic E-state index is 0.180. The number of aryl methyl sites for hydroxylation is 1. The molecule has 0 aromatic carbocycles. The molecule has 0 aliphatic carbocycles. The topological polar surface area (TPSA) is 59.1 Å². The van der Waals surface area contributed by atoms with Crippen molar-refractivity contribution in [2.75, 3.05) is 6.54 Å². The lowest BCUT2D eigenvalue weighted by molar-refractivity contribution is 0.587. The minimum atomic E-state index is -3.49. The molecule has 4 nitrogen and oxygen atoms in total. The molecule has 0 saturated carbocycles. The number of hydrogen-bond donors (Lipinski definition) is 1. The van der Waals surface area contributed by atoms with Crippen LogP contribution in [0.1, 0.15) is 19.5 Å². The van der Waals surface area contributed by atoms with E-state index in [1.165, 1.54) is 0 Å². The molecule has 0 atom stereocenters. The molecule has 0 bridgehead atoms. The van der Waals surface area contributed by atoms with E-state index >= 15 is 0 Å². The monoisotopic (exact) mass is 280 g/mol. The molecule has 0 aliphatic rings. The van der Waals surface area contributed by atoms with Gasteiger partial charge >= 0.3 is 0 Å². The van der Waals surface area contributed by atoms with Crippen LogP contribution in [0.15, 0.2) is 15.9 Å². The molecule has 16 heavy (non-hydrogen) atoms. The Bertz CT molecular complexity index is 502. The summed E-state index contributed by atoms with van der Waals surface area (Å²) < 4.78 is 26.5. The summed E-state index contributed by atoms with van der Waals surface area (Å²) in [5.41, 5.74) is 1.49. The maximum absolute atomic E-state index is 11.8. The van der Waals surface area contributed by atoms with E-state index in [1.807, 2.05) is 13.8 Å². The minimum Gasteiger partial charge on any atom is -0.229 e. The maximum atomic E-state index is 11.8. The number of rotatable bonds is 4. The second kappa shape index (κ2) is 5.27. The molecule has 7 heteroatoms. The molecule has 90 valence electrons. The first-order valence-corrected chi connectivity index (χ1v) is 7.26. The molecular weight excluding hydrogens is 268 g/mol. The average molecular weight is 281 g/mol. The van der Waals surface area contributed by atoms with Crippen LogP contribution in [0.3, 0.4) is 0 Å². The van der Waals surface area contributed by atoms with Crippen LogP contribution in [0, 0.1) is 6.92 Å². The van der Waals surface area contributed by atoms with Crippen LogP contribution in [-0.4, -0.2) is 19.9 Å². The standard InChI is InChI=1S/C9H13ClN2O2S2/c1-6(2)4-5-11-16(13,14)8-7(3)12-9(10)15-8/h4,11H,5H2,1-3H3. The highest BCUT2D eigenvalue weighted by molar-refractivity contribution is 7.91. The third-order valence-electron chi connectivity index (χ3n) is 1.76. The smallest absolute Gasteiger partial charge is 0.229 e. The second-order valence-electron chi connectivity index (χ2n) is 3.47. The molecule has 0 spiro atoms. The van der Waals surface area contributed by atoms with Crippen molar-refractivity contribution in [3.8, 4) is 0 Å². The number of sulfonamides is 1. The van der Waals surface area contributed by atoms with Crippen LogP contribution in [-0.2, 0) is 10.0 Å². The zero-order chi connectivity index (χ0) is 12.3. The van der Waals surface area contributed by atoms with Crippen molar-refractivity contribution in [2.45, 2.75) is 25.0 Å². The molecule has 1 heterocycles. The Hall–Kier alpha value is -0.430. The average Bonchev–Trinajstić information content (AvgIpc) is 2.44. The molecule has 0 amide bonds. The summed E-state index contributed by atoms with van der Waals surface area (Å²) in [6, 6.07) is 0. The molecule has 1 rings (SSSR count). The first-order valence-electron chi connectivity index (χ1n) is 4.59. The van der Waals surface area contributed by atoms with Crippen molar-refractivity contribution in [1.29, 1.82) is 0 Å². The summed E-state index contributed by atoms with van der Waals surface area (Å²) >= 11 is 6.62. The normalized spacial score (nSPS) is 11.5. The van der Waals surface area contributed by atoms with Gasteiger partial charge in [0.25, 0.3) is 10.0 Å². The van der Waals surface area contributed by atoms with Crippen LogP contribution in [0.4, 0.5) is 0 Å². The number of nitrogens with one attached hydrogen (secondary N) is 1. The molecule has 0 saturated heterocycles. The Labute approximate surface area is 104 Å². The van der Waals surface area contributed by atoms with Crippen molar-refractivity contribution in [1.82, 2.24) is 9.71 Å². The van der Waals surface area contributed by atoms with E-state index in [1.54, 1.807) is 13.0 Å². The van der Waals surface area contributed by atoms with Crippen molar-refractivity contribution in [3.63, 3.8) is 0 Å². The fourth-order valence-electron chi connectivity index (χ4n) is 1.02. The van der Waals surface area contributed by atoms with Crippen LogP contribution in [0.5, 0.6) is 0 Å². The van der Waals surface area contributed by atoms with Crippen LogP contribution >= 0.6 is 22.9 Å². The Kier molecular flexibility index (Phi) is 4.49. The first kappa shape index (κ1) is 13.6. The SMILES string of the molecule is CC(C)=CCNS(=O)(=O)c1sc(Cl)nc1C. The zero-order valence-electron chi connectivity index (χ0n) is 9.24. The van der Waals surface area contributed by atoms with Gasteiger partial charge in [-0.15, -0.1) is 0 Å². The second-order valence-corrected chi connectivity index (χ2v) is 7.02. The quantitative estimate of drug-likeness (QED) is 0.862. The van der Waals surface area contributed by atoms with Gasteiger partial charge in [-0.25, -0.2) is 18.1 Å². The lowest BCUT2D eigenvalue weighted by Crippen LogP contribution is -2.23. The van der Waals surface area contributed by atoms with E-state index in [0.29, 0.717) is 5.69 Å². The summed E-state index contributed by atoms with van der Waals surface area (Å²) in [5, 5.41) is 0. The lowest BCUT2D eigenvalue weighted by Gasteiger charge is -2.02. The molecule has 0 aliphatic heterocycles. The highest BCUT2D eigenvalue weighted by Gasteiger charge is 2.20. The van der Waals surface area contributed by atoms with E-state index in [0.717, 1.165) is 16.9 Å². The molecule has 1 N–H and O–H groups in total. The van der Waals surface area contributed by atoms with E-state index < -0.39 is 10.0 Å². The molecule has 1 aromatic rings. The Morgan fingerprint density at radius 1 is 1.56 bits per heavy atom. The van der Waals surface area contributed by atoms with Crippen molar-refractivity contribution in [2.24, 2.45) is 0 Å². The van der Waals surface area contributed by atoms with Crippen LogP contribution in [0.25, 0.3) is 0 Å². The zero-order valence-corrected chi connectivity index (χ0v) is 11.6. The molecule has 0 radical (unpaired) electrons. The van der Waals surface area contributed by atoms with Crippen molar-refractivity contribution < 1.29 is 8.42 Å². The van der Waals surface area contributed by atoms with Gasteiger partial charge in [-0.1, -0.05) is 34.6 Å². The highest BCUT2D eigenvalue weighted by Crippen LogP contribution is 2.26. The molecule has 0 unspecified atom stereocenters. The van der Waals surface area contributed by atoms with Crippen LogP contribution in [0.2, 0.25) is 4.47 Å².